The summed E-state index contributed by atoms with van der Waals surface area (Å²) in [5, 5.41) is 4.55. The highest BCUT2D eigenvalue weighted by atomic mass is 32.1. The lowest BCUT2D eigenvalue weighted by atomic mass is 10.1. The number of hydrogen-bond donors (Lipinski definition) is 1. The highest BCUT2D eigenvalue weighted by molar-refractivity contribution is 7.09. The first-order valence-corrected chi connectivity index (χ1v) is 8.75. The summed E-state index contributed by atoms with van der Waals surface area (Å²) in [5.41, 5.74) is 1.38. The molecule has 0 aliphatic carbocycles. The van der Waals surface area contributed by atoms with Gasteiger partial charge in [-0.05, 0) is 11.5 Å². The molecule has 0 amide bonds. The number of likely N-dealkylation sites (tertiary alicyclic amines) is 1. The Labute approximate surface area is 136 Å². The van der Waals surface area contributed by atoms with Crippen LogP contribution < -0.4 is 5.32 Å². The molecule has 1 aliphatic heterocycles. The van der Waals surface area contributed by atoms with Crippen LogP contribution in [0.15, 0.2) is 30.3 Å². The van der Waals surface area contributed by atoms with Gasteiger partial charge in [0.25, 0.3) is 0 Å². The maximum atomic E-state index is 4.59. The van der Waals surface area contributed by atoms with E-state index in [4.69, 9.17) is 0 Å². The maximum absolute atomic E-state index is 4.59. The number of benzene rings is 1. The molecule has 22 heavy (non-hydrogen) atoms. The van der Waals surface area contributed by atoms with Crippen LogP contribution in [0.25, 0.3) is 0 Å². The molecule has 118 valence electrons. The van der Waals surface area contributed by atoms with E-state index >= 15 is 0 Å². The van der Waals surface area contributed by atoms with E-state index in [1.807, 2.05) is 0 Å². The van der Waals surface area contributed by atoms with Gasteiger partial charge in [0.05, 0.1) is 0 Å². The maximum Gasteiger partial charge on any atom is 0.202 e. The number of aromatic nitrogens is 2. The fraction of sp³-hybridized carbons (Fsp3) is 0.529. The first-order chi connectivity index (χ1) is 10.6. The standard InChI is InChI=1S/C17H24N4S/c1-12(2)16-19-17(22-20-16)18-15-11-21(9-13(15)3)10-14-7-5-4-6-8-14/h4-8,12-13,15H,9-11H2,1-3H3,(H,18,19,20). The average molecular weight is 316 g/mol. The third-order valence-corrected chi connectivity index (χ3v) is 4.86. The van der Waals surface area contributed by atoms with Gasteiger partial charge >= 0.3 is 0 Å². The molecule has 1 saturated heterocycles. The lowest BCUT2D eigenvalue weighted by Gasteiger charge is -2.16. The lowest BCUT2D eigenvalue weighted by molar-refractivity contribution is 0.319. The summed E-state index contributed by atoms with van der Waals surface area (Å²) in [6.07, 6.45) is 0. The van der Waals surface area contributed by atoms with Crippen LogP contribution in [0.1, 0.15) is 38.1 Å². The van der Waals surface area contributed by atoms with Gasteiger partial charge in [0.1, 0.15) is 5.82 Å². The van der Waals surface area contributed by atoms with Crippen molar-refractivity contribution in [3.05, 3.63) is 41.7 Å². The Morgan fingerprint density at radius 3 is 2.73 bits per heavy atom. The van der Waals surface area contributed by atoms with E-state index in [1.54, 1.807) is 0 Å². The number of nitrogens with one attached hydrogen (secondary N) is 1. The van der Waals surface area contributed by atoms with Crippen LogP contribution in [-0.2, 0) is 6.54 Å². The molecule has 2 aromatic rings. The highest BCUT2D eigenvalue weighted by Gasteiger charge is 2.30. The van der Waals surface area contributed by atoms with Crippen molar-refractivity contribution in [3.63, 3.8) is 0 Å². The summed E-state index contributed by atoms with van der Waals surface area (Å²) in [4.78, 5) is 7.11. The average Bonchev–Trinajstić information content (AvgIpc) is 3.08. The fourth-order valence-electron chi connectivity index (χ4n) is 2.91. The summed E-state index contributed by atoms with van der Waals surface area (Å²) >= 11 is 1.48. The highest BCUT2D eigenvalue weighted by Crippen LogP contribution is 2.24. The summed E-state index contributed by atoms with van der Waals surface area (Å²) in [6, 6.07) is 11.1. The second-order valence-electron chi connectivity index (χ2n) is 6.52. The van der Waals surface area contributed by atoms with E-state index in [1.165, 1.54) is 17.1 Å². The third-order valence-electron chi connectivity index (χ3n) is 4.20. The van der Waals surface area contributed by atoms with Crippen molar-refractivity contribution in [2.75, 3.05) is 18.4 Å². The minimum atomic E-state index is 0.391. The Kier molecular flexibility index (Phi) is 4.74. The van der Waals surface area contributed by atoms with Crippen molar-refractivity contribution in [1.29, 1.82) is 0 Å². The summed E-state index contributed by atoms with van der Waals surface area (Å²) in [5.74, 6) is 1.96. The van der Waals surface area contributed by atoms with Gasteiger partial charge in [0.2, 0.25) is 5.13 Å². The van der Waals surface area contributed by atoms with Gasteiger partial charge in [0, 0.05) is 43.1 Å². The van der Waals surface area contributed by atoms with E-state index < -0.39 is 0 Å². The molecule has 0 spiro atoms. The minimum absolute atomic E-state index is 0.391. The predicted octanol–water partition coefficient (Wildman–Crippen LogP) is 3.59. The van der Waals surface area contributed by atoms with Crippen LogP contribution in [0.4, 0.5) is 5.13 Å². The van der Waals surface area contributed by atoms with Gasteiger partial charge in [-0.1, -0.05) is 51.1 Å². The van der Waals surface area contributed by atoms with Crippen LogP contribution in [0.2, 0.25) is 0 Å². The zero-order chi connectivity index (χ0) is 15.5. The summed E-state index contributed by atoms with van der Waals surface area (Å²) in [7, 11) is 0. The second kappa shape index (κ2) is 6.75. The number of hydrogen-bond acceptors (Lipinski definition) is 5. The molecule has 1 N–H and O–H groups in total. The fourth-order valence-corrected chi connectivity index (χ4v) is 3.68. The van der Waals surface area contributed by atoms with Crippen LogP contribution in [0, 0.1) is 5.92 Å². The van der Waals surface area contributed by atoms with Crippen LogP contribution >= 0.6 is 11.5 Å². The van der Waals surface area contributed by atoms with Gasteiger partial charge in [0.15, 0.2) is 0 Å². The van der Waals surface area contributed by atoms with E-state index in [0.29, 0.717) is 17.9 Å². The molecule has 0 bridgehead atoms. The number of rotatable bonds is 5. The van der Waals surface area contributed by atoms with Crippen molar-refractivity contribution < 1.29 is 0 Å². The molecule has 5 heteroatoms. The van der Waals surface area contributed by atoms with Crippen molar-refractivity contribution in [2.45, 2.75) is 39.3 Å². The zero-order valence-corrected chi connectivity index (χ0v) is 14.3. The Balaban J connectivity index is 1.58. The van der Waals surface area contributed by atoms with Crippen molar-refractivity contribution in [1.82, 2.24) is 14.3 Å². The van der Waals surface area contributed by atoms with Crippen LogP contribution in [0.5, 0.6) is 0 Å². The normalized spacial score (nSPS) is 22.4. The molecular weight excluding hydrogens is 292 g/mol. The summed E-state index contributed by atoms with van der Waals surface area (Å²) < 4.78 is 4.42. The molecule has 1 fully saturated rings. The van der Waals surface area contributed by atoms with E-state index in [9.17, 15) is 0 Å². The molecule has 0 saturated carbocycles. The minimum Gasteiger partial charge on any atom is -0.356 e. The topological polar surface area (TPSA) is 41.1 Å². The van der Waals surface area contributed by atoms with Crippen molar-refractivity contribution in [2.24, 2.45) is 5.92 Å². The van der Waals surface area contributed by atoms with Gasteiger partial charge in [-0.15, -0.1) is 0 Å². The smallest absolute Gasteiger partial charge is 0.202 e. The monoisotopic (exact) mass is 316 g/mol. The van der Waals surface area contributed by atoms with E-state index in [-0.39, 0.29) is 0 Å². The molecule has 1 aliphatic rings. The molecule has 2 heterocycles. The Hall–Kier alpha value is -1.46. The second-order valence-corrected chi connectivity index (χ2v) is 7.27. The Morgan fingerprint density at radius 2 is 2.05 bits per heavy atom. The van der Waals surface area contributed by atoms with E-state index in [0.717, 1.165) is 30.6 Å². The van der Waals surface area contributed by atoms with E-state index in [2.05, 4.69) is 70.7 Å². The Bertz CT molecular complexity index is 596. The molecule has 1 aromatic carbocycles. The SMILES string of the molecule is CC(C)c1nsc(NC2CN(Cc3ccccc3)CC2C)n1. The molecule has 2 atom stereocenters. The third kappa shape index (κ3) is 3.65. The lowest BCUT2D eigenvalue weighted by Crippen LogP contribution is -2.27. The Morgan fingerprint density at radius 1 is 1.27 bits per heavy atom. The molecule has 0 radical (unpaired) electrons. The molecule has 4 nitrogen and oxygen atoms in total. The van der Waals surface area contributed by atoms with Crippen LogP contribution in [-0.4, -0.2) is 33.4 Å². The van der Waals surface area contributed by atoms with Crippen molar-refractivity contribution in [3.8, 4) is 0 Å². The quantitative estimate of drug-likeness (QED) is 0.915. The number of anilines is 1. The molecule has 1 aromatic heterocycles. The van der Waals surface area contributed by atoms with Gasteiger partial charge in [-0.25, -0.2) is 4.98 Å². The summed E-state index contributed by atoms with van der Waals surface area (Å²) in [6.45, 7) is 9.79. The van der Waals surface area contributed by atoms with Crippen LogP contribution in [0.3, 0.4) is 0 Å². The number of nitrogens with zero attached hydrogens (tertiary/aromatic N) is 3. The first kappa shape index (κ1) is 15.4. The molecular formula is C17H24N4S. The van der Waals surface area contributed by atoms with Crippen molar-refractivity contribution >= 4 is 16.7 Å². The predicted molar refractivity (Wildman–Crippen MR) is 92.3 cm³/mol. The van der Waals surface area contributed by atoms with Gasteiger partial charge in [-0.3, -0.25) is 4.90 Å². The molecule has 2 unspecified atom stereocenters. The van der Waals surface area contributed by atoms with Gasteiger partial charge in [-0.2, -0.15) is 4.37 Å². The molecule has 3 rings (SSSR count). The zero-order valence-electron chi connectivity index (χ0n) is 13.5. The first-order valence-electron chi connectivity index (χ1n) is 7.98. The van der Waals surface area contributed by atoms with Gasteiger partial charge < -0.3 is 5.32 Å². The largest absolute Gasteiger partial charge is 0.356 e.